The third kappa shape index (κ3) is 3.08. The molecule has 2 unspecified atom stereocenters. The van der Waals surface area contributed by atoms with Crippen LogP contribution in [0.2, 0.25) is 0 Å². The maximum absolute atomic E-state index is 12.5. The lowest BCUT2D eigenvalue weighted by atomic mass is 9.92. The lowest BCUT2D eigenvalue weighted by Gasteiger charge is -2.45. The number of amides is 1. The molecule has 1 heterocycles. The van der Waals surface area contributed by atoms with Crippen molar-refractivity contribution in [3.63, 3.8) is 0 Å². The van der Waals surface area contributed by atoms with Crippen molar-refractivity contribution in [2.75, 3.05) is 20.5 Å². The Morgan fingerprint density at radius 3 is 2.23 bits per heavy atom. The molecule has 0 N–H and O–H groups in total. The number of carbonyl (C=O) groups excluding carboxylic acids is 1. The summed E-state index contributed by atoms with van der Waals surface area (Å²) in [4.78, 5) is 12.5. The first-order valence-electron chi connectivity index (χ1n) is 7.84. The number of sulfonamides is 1. The minimum Gasteiger partial charge on any atom is -0.493 e. The summed E-state index contributed by atoms with van der Waals surface area (Å²) in [6.07, 6.45) is 0.0108. The summed E-state index contributed by atoms with van der Waals surface area (Å²) >= 11 is 0. The second-order valence-electron chi connectivity index (χ2n) is 5.78. The molecule has 0 radical (unpaired) electrons. The van der Waals surface area contributed by atoms with Crippen LogP contribution < -0.4 is 14.2 Å². The molecule has 2 aromatic carbocycles. The van der Waals surface area contributed by atoms with E-state index in [2.05, 4.69) is 0 Å². The summed E-state index contributed by atoms with van der Waals surface area (Å²) in [6, 6.07) is 13.0. The number of rotatable bonds is 6. The van der Waals surface area contributed by atoms with Crippen LogP contribution in [0.1, 0.15) is 11.6 Å². The summed E-state index contributed by atoms with van der Waals surface area (Å²) in [7, 11) is -0.831. The minimum absolute atomic E-state index is 0.364. The molecule has 2 atom stereocenters. The molecule has 1 amide bonds. The maximum atomic E-state index is 12.5. The van der Waals surface area contributed by atoms with Gasteiger partial charge >= 0.3 is 0 Å². The number of para-hydroxylation sites is 2. The Morgan fingerprint density at radius 2 is 1.65 bits per heavy atom. The van der Waals surface area contributed by atoms with Crippen LogP contribution in [0, 0.1) is 0 Å². The summed E-state index contributed by atoms with van der Waals surface area (Å²) in [5, 5.41) is 0. The predicted molar refractivity (Wildman–Crippen MR) is 94.8 cm³/mol. The highest BCUT2D eigenvalue weighted by Crippen LogP contribution is 2.45. The number of ether oxygens (including phenoxy) is 3. The van der Waals surface area contributed by atoms with Gasteiger partial charge in [-0.2, -0.15) is 0 Å². The van der Waals surface area contributed by atoms with E-state index in [1.807, 2.05) is 6.07 Å². The first-order valence-corrected chi connectivity index (χ1v) is 9.69. The van der Waals surface area contributed by atoms with Gasteiger partial charge in [-0.1, -0.05) is 30.3 Å². The maximum Gasteiger partial charge on any atom is 0.280 e. The van der Waals surface area contributed by atoms with Gasteiger partial charge in [0, 0.05) is 5.56 Å². The van der Waals surface area contributed by atoms with Gasteiger partial charge in [-0.25, -0.2) is 12.7 Å². The van der Waals surface area contributed by atoms with E-state index in [0.29, 0.717) is 22.8 Å². The van der Waals surface area contributed by atoms with Crippen molar-refractivity contribution < 1.29 is 27.4 Å². The Bertz CT molecular complexity index is 913. The molecule has 0 saturated carbocycles. The Morgan fingerprint density at radius 1 is 0.962 bits per heavy atom. The number of methoxy groups -OCH3 is 2. The molecule has 0 aliphatic carbocycles. The average Bonchev–Trinajstić information content (AvgIpc) is 2.62. The monoisotopic (exact) mass is 377 g/mol. The van der Waals surface area contributed by atoms with E-state index in [1.165, 1.54) is 14.2 Å². The van der Waals surface area contributed by atoms with Gasteiger partial charge in [0.1, 0.15) is 11.8 Å². The lowest BCUT2D eigenvalue weighted by molar-refractivity contribution is -0.153. The number of carbonyl (C=O) groups is 1. The first-order chi connectivity index (χ1) is 12.4. The third-order valence-electron chi connectivity index (χ3n) is 4.12. The zero-order chi connectivity index (χ0) is 18.9. The summed E-state index contributed by atoms with van der Waals surface area (Å²) in [5.41, 5.74) is 0.498. The van der Waals surface area contributed by atoms with Crippen LogP contribution in [0.15, 0.2) is 48.5 Å². The molecule has 2 aromatic rings. The highest BCUT2D eigenvalue weighted by molar-refractivity contribution is 7.89. The smallest absolute Gasteiger partial charge is 0.280 e. The molecule has 3 rings (SSSR count). The van der Waals surface area contributed by atoms with Gasteiger partial charge < -0.3 is 14.2 Å². The van der Waals surface area contributed by atoms with E-state index in [9.17, 15) is 13.2 Å². The highest BCUT2D eigenvalue weighted by Gasteiger charge is 2.55. The molecular weight excluding hydrogens is 358 g/mol. The molecule has 0 aromatic heterocycles. The fourth-order valence-electron chi connectivity index (χ4n) is 3.00. The normalized spacial score (nSPS) is 19.7. The van der Waals surface area contributed by atoms with Crippen molar-refractivity contribution in [3.8, 4) is 17.2 Å². The molecule has 138 valence electrons. The van der Waals surface area contributed by atoms with Gasteiger partial charge in [-0.3, -0.25) is 4.79 Å². The number of nitrogens with zero attached hydrogens (tertiary/aromatic N) is 1. The average molecular weight is 377 g/mol. The molecule has 8 heteroatoms. The zero-order valence-corrected chi connectivity index (χ0v) is 15.4. The number of hydrogen-bond donors (Lipinski definition) is 0. The second kappa shape index (κ2) is 6.87. The van der Waals surface area contributed by atoms with Gasteiger partial charge in [0.2, 0.25) is 16.1 Å². The number of β-lactam (4-membered cyclic amide) rings is 1. The van der Waals surface area contributed by atoms with Crippen LogP contribution in [0.4, 0.5) is 0 Å². The predicted octanol–water partition coefficient (Wildman–Crippen LogP) is 1.99. The molecule has 0 spiro atoms. The van der Waals surface area contributed by atoms with E-state index in [4.69, 9.17) is 14.2 Å². The summed E-state index contributed by atoms with van der Waals surface area (Å²) in [5.74, 6) is 0.663. The third-order valence-corrected chi connectivity index (χ3v) is 5.24. The molecular formula is C18H19NO6S. The van der Waals surface area contributed by atoms with E-state index < -0.39 is 28.1 Å². The van der Waals surface area contributed by atoms with E-state index >= 15 is 0 Å². The standard InChI is InChI=1S/C18H19NO6S/c1-23-14-11-7-10-13(16(14)24-2)15-17(18(20)19(15)26(3,21)22)25-12-8-5-4-6-9-12/h4-11,15,17H,1-3H3. The molecule has 1 fully saturated rings. The zero-order valence-electron chi connectivity index (χ0n) is 14.6. The van der Waals surface area contributed by atoms with Crippen LogP contribution in [0.3, 0.4) is 0 Å². The summed E-state index contributed by atoms with van der Waals surface area (Å²) < 4.78 is 41.6. The summed E-state index contributed by atoms with van der Waals surface area (Å²) in [6.45, 7) is 0. The molecule has 1 aliphatic heterocycles. The van der Waals surface area contributed by atoms with Crippen molar-refractivity contribution in [1.82, 2.24) is 4.31 Å². The van der Waals surface area contributed by atoms with Crippen molar-refractivity contribution in [2.45, 2.75) is 12.1 Å². The van der Waals surface area contributed by atoms with Crippen LogP contribution >= 0.6 is 0 Å². The minimum atomic E-state index is -3.77. The van der Waals surface area contributed by atoms with Crippen LogP contribution in [0.25, 0.3) is 0 Å². The molecule has 7 nitrogen and oxygen atoms in total. The largest absolute Gasteiger partial charge is 0.493 e. The Kier molecular flexibility index (Phi) is 4.78. The Hall–Kier alpha value is -2.74. The quantitative estimate of drug-likeness (QED) is 0.716. The van der Waals surface area contributed by atoms with Crippen molar-refractivity contribution >= 4 is 15.9 Å². The molecule has 26 heavy (non-hydrogen) atoms. The number of hydrogen-bond acceptors (Lipinski definition) is 6. The lowest BCUT2D eigenvalue weighted by Crippen LogP contribution is -2.62. The fraction of sp³-hybridized carbons (Fsp3) is 0.278. The van der Waals surface area contributed by atoms with Gasteiger partial charge in [-0.05, 0) is 18.2 Å². The van der Waals surface area contributed by atoms with Gasteiger partial charge in [-0.15, -0.1) is 0 Å². The Balaban J connectivity index is 2.06. The van der Waals surface area contributed by atoms with Crippen molar-refractivity contribution in [2.24, 2.45) is 0 Å². The fourth-order valence-corrected chi connectivity index (χ4v) is 4.07. The Labute approximate surface area is 152 Å². The van der Waals surface area contributed by atoms with Crippen LogP contribution in [0.5, 0.6) is 17.2 Å². The van der Waals surface area contributed by atoms with Gasteiger partial charge in [0.15, 0.2) is 11.5 Å². The van der Waals surface area contributed by atoms with E-state index in [-0.39, 0.29) is 0 Å². The van der Waals surface area contributed by atoms with Crippen LogP contribution in [-0.2, 0) is 14.8 Å². The first kappa shape index (κ1) is 18.1. The van der Waals surface area contributed by atoms with E-state index in [1.54, 1.807) is 42.5 Å². The highest BCUT2D eigenvalue weighted by atomic mass is 32.2. The molecule has 0 bridgehead atoms. The van der Waals surface area contributed by atoms with Crippen molar-refractivity contribution in [3.05, 3.63) is 54.1 Å². The van der Waals surface area contributed by atoms with E-state index in [0.717, 1.165) is 10.6 Å². The molecule has 1 aliphatic rings. The number of benzene rings is 2. The van der Waals surface area contributed by atoms with Crippen LogP contribution in [-0.4, -0.2) is 45.2 Å². The second-order valence-corrected chi connectivity index (χ2v) is 7.64. The van der Waals surface area contributed by atoms with Crippen molar-refractivity contribution in [1.29, 1.82) is 0 Å². The van der Waals surface area contributed by atoms with Gasteiger partial charge in [0.25, 0.3) is 5.91 Å². The van der Waals surface area contributed by atoms with Gasteiger partial charge in [0.05, 0.1) is 20.5 Å². The SMILES string of the molecule is COc1cccc(C2C(Oc3ccccc3)C(=O)N2S(C)(=O)=O)c1OC. The topological polar surface area (TPSA) is 82.1 Å². The molecule has 1 saturated heterocycles.